The fourth-order valence-electron chi connectivity index (χ4n) is 2.55. The van der Waals surface area contributed by atoms with Crippen molar-refractivity contribution in [2.45, 2.75) is 51.1 Å². The van der Waals surface area contributed by atoms with Crippen LogP contribution in [0.15, 0.2) is 0 Å². The zero-order valence-corrected chi connectivity index (χ0v) is 10.4. The molecule has 94 valence electrons. The average Bonchev–Trinajstić information content (AvgIpc) is 3.09. The summed E-state index contributed by atoms with van der Waals surface area (Å²) in [6.07, 6.45) is 7.77. The lowest BCUT2D eigenvalue weighted by atomic mass is 9.96. The zero-order chi connectivity index (χ0) is 11.5. The molecule has 0 atom stereocenters. The van der Waals surface area contributed by atoms with E-state index >= 15 is 0 Å². The Kier molecular flexibility index (Phi) is 3.43. The molecule has 4 nitrogen and oxygen atoms in total. The summed E-state index contributed by atoms with van der Waals surface area (Å²) in [5, 5.41) is 14.6. The van der Waals surface area contributed by atoms with Crippen LogP contribution in [0.5, 0.6) is 0 Å². The Hall–Kier alpha value is -0.870. The SMILES string of the molecule is C1CCc2c(CNCCNC3CC3)n[nH]c2C1. The van der Waals surface area contributed by atoms with Gasteiger partial charge in [0.05, 0.1) is 5.69 Å². The average molecular weight is 234 g/mol. The van der Waals surface area contributed by atoms with Crippen molar-refractivity contribution in [3.63, 3.8) is 0 Å². The van der Waals surface area contributed by atoms with Crippen LogP contribution < -0.4 is 10.6 Å². The van der Waals surface area contributed by atoms with Crippen LogP contribution in [0.3, 0.4) is 0 Å². The molecule has 1 saturated carbocycles. The van der Waals surface area contributed by atoms with Gasteiger partial charge in [-0.15, -0.1) is 0 Å². The van der Waals surface area contributed by atoms with Gasteiger partial charge in [-0.1, -0.05) is 0 Å². The van der Waals surface area contributed by atoms with E-state index in [1.165, 1.54) is 55.5 Å². The Morgan fingerprint density at radius 2 is 2.06 bits per heavy atom. The summed E-state index contributed by atoms with van der Waals surface area (Å²) in [7, 11) is 0. The van der Waals surface area contributed by atoms with Crippen molar-refractivity contribution in [2.75, 3.05) is 13.1 Å². The van der Waals surface area contributed by atoms with Gasteiger partial charge in [-0.2, -0.15) is 5.10 Å². The molecule has 0 aromatic carbocycles. The molecule has 3 N–H and O–H groups in total. The topological polar surface area (TPSA) is 52.7 Å². The van der Waals surface area contributed by atoms with E-state index in [4.69, 9.17) is 0 Å². The molecule has 0 radical (unpaired) electrons. The van der Waals surface area contributed by atoms with Gasteiger partial charge >= 0.3 is 0 Å². The lowest BCUT2D eigenvalue weighted by Gasteiger charge is -2.11. The second kappa shape index (κ2) is 5.19. The quantitative estimate of drug-likeness (QED) is 0.647. The molecule has 0 spiro atoms. The molecule has 3 rings (SSSR count). The first-order chi connectivity index (χ1) is 8.43. The number of nitrogens with one attached hydrogen (secondary N) is 3. The van der Waals surface area contributed by atoms with Crippen LogP contribution in [-0.2, 0) is 19.4 Å². The third kappa shape index (κ3) is 2.87. The predicted molar refractivity (Wildman–Crippen MR) is 68.0 cm³/mol. The first-order valence-electron chi connectivity index (χ1n) is 6.92. The van der Waals surface area contributed by atoms with Gasteiger partial charge in [-0.3, -0.25) is 5.10 Å². The molecule has 0 aliphatic heterocycles. The number of nitrogens with zero attached hydrogens (tertiary/aromatic N) is 1. The van der Waals surface area contributed by atoms with E-state index in [9.17, 15) is 0 Å². The van der Waals surface area contributed by atoms with E-state index in [1.54, 1.807) is 0 Å². The van der Waals surface area contributed by atoms with Crippen molar-refractivity contribution in [1.82, 2.24) is 20.8 Å². The number of aromatic nitrogens is 2. The molecule has 0 saturated heterocycles. The molecule has 1 heterocycles. The summed E-state index contributed by atoms with van der Waals surface area (Å²) in [6.45, 7) is 3.04. The molecule has 17 heavy (non-hydrogen) atoms. The van der Waals surface area contributed by atoms with E-state index in [1.807, 2.05) is 0 Å². The van der Waals surface area contributed by atoms with E-state index in [0.29, 0.717) is 0 Å². The highest BCUT2D eigenvalue weighted by Crippen LogP contribution is 2.21. The van der Waals surface area contributed by atoms with Crippen molar-refractivity contribution < 1.29 is 0 Å². The second-order valence-electron chi connectivity index (χ2n) is 5.24. The molecule has 1 fully saturated rings. The summed E-state index contributed by atoms with van der Waals surface area (Å²) in [5.41, 5.74) is 4.11. The number of aromatic amines is 1. The smallest absolute Gasteiger partial charge is 0.0794 e. The largest absolute Gasteiger partial charge is 0.313 e. The minimum absolute atomic E-state index is 0.815. The molecule has 4 heteroatoms. The maximum absolute atomic E-state index is 4.43. The molecule has 0 bridgehead atoms. The van der Waals surface area contributed by atoms with E-state index in [2.05, 4.69) is 20.8 Å². The van der Waals surface area contributed by atoms with Crippen LogP contribution >= 0.6 is 0 Å². The summed E-state index contributed by atoms with van der Waals surface area (Å²) < 4.78 is 0. The van der Waals surface area contributed by atoms with Gasteiger partial charge in [0.1, 0.15) is 0 Å². The highest BCUT2D eigenvalue weighted by atomic mass is 15.1. The lowest BCUT2D eigenvalue weighted by Crippen LogP contribution is -2.28. The lowest BCUT2D eigenvalue weighted by molar-refractivity contribution is 0.599. The van der Waals surface area contributed by atoms with Crippen LogP contribution in [0.2, 0.25) is 0 Å². The third-order valence-corrected chi connectivity index (χ3v) is 3.75. The number of hydrogen-bond acceptors (Lipinski definition) is 3. The van der Waals surface area contributed by atoms with Crippen molar-refractivity contribution in [1.29, 1.82) is 0 Å². The molecule has 0 amide bonds. The van der Waals surface area contributed by atoms with Crippen LogP contribution in [0, 0.1) is 0 Å². The molecule has 1 aromatic rings. The molecule has 2 aliphatic carbocycles. The molecule has 2 aliphatic rings. The fraction of sp³-hybridized carbons (Fsp3) is 0.769. The summed E-state index contributed by atoms with van der Waals surface area (Å²) in [6, 6.07) is 0.815. The Morgan fingerprint density at radius 1 is 1.18 bits per heavy atom. The monoisotopic (exact) mass is 234 g/mol. The first kappa shape index (κ1) is 11.2. The number of rotatable bonds is 6. The first-order valence-corrected chi connectivity index (χ1v) is 6.92. The Labute approximate surface area is 103 Å². The summed E-state index contributed by atoms with van der Waals surface area (Å²) in [5.74, 6) is 0. The van der Waals surface area contributed by atoms with Gasteiger partial charge < -0.3 is 10.6 Å². The normalized spacial score (nSPS) is 19.3. The zero-order valence-electron chi connectivity index (χ0n) is 10.4. The Bertz CT molecular complexity index is 367. The van der Waals surface area contributed by atoms with Crippen LogP contribution in [0.25, 0.3) is 0 Å². The standard InChI is InChI=1S/C13H22N4/c1-2-4-12-11(3-1)13(17-16-12)9-14-7-8-15-10-5-6-10/h10,14-15H,1-9H2,(H,16,17). The van der Waals surface area contributed by atoms with E-state index in [0.717, 1.165) is 25.7 Å². The van der Waals surface area contributed by atoms with Gasteiger partial charge in [0.15, 0.2) is 0 Å². The number of fused-ring (bicyclic) bond motifs is 1. The van der Waals surface area contributed by atoms with E-state index < -0.39 is 0 Å². The maximum atomic E-state index is 4.43. The second-order valence-corrected chi connectivity index (χ2v) is 5.24. The molecular formula is C13H22N4. The van der Waals surface area contributed by atoms with Gasteiger partial charge in [0, 0.05) is 31.4 Å². The van der Waals surface area contributed by atoms with Crippen LogP contribution in [0.4, 0.5) is 0 Å². The minimum Gasteiger partial charge on any atom is -0.313 e. The van der Waals surface area contributed by atoms with Crippen molar-refractivity contribution in [2.24, 2.45) is 0 Å². The predicted octanol–water partition coefficient (Wildman–Crippen LogP) is 1.13. The third-order valence-electron chi connectivity index (χ3n) is 3.75. The summed E-state index contributed by atoms with van der Waals surface area (Å²) in [4.78, 5) is 0. The highest BCUT2D eigenvalue weighted by Gasteiger charge is 2.19. The molecule has 0 unspecified atom stereocenters. The minimum atomic E-state index is 0.815. The van der Waals surface area contributed by atoms with Crippen molar-refractivity contribution in [3.05, 3.63) is 17.0 Å². The van der Waals surface area contributed by atoms with Gasteiger partial charge in [0.25, 0.3) is 0 Å². The van der Waals surface area contributed by atoms with E-state index in [-0.39, 0.29) is 0 Å². The van der Waals surface area contributed by atoms with Gasteiger partial charge in [-0.25, -0.2) is 0 Å². The molecular weight excluding hydrogens is 212 g/mol. The number of hydrogen-bond donors (Lipinski definition) is 3. The molecule has 1 aromatic heterocycles. The highest BCUT2D eigenvalue weighted by molar-refractivity contribution is 5.27. The van der Waals surface area contributed by atoms with Gasteiger partial charge in [-0.05, 0) is 44.1 Å². The number of H-pyrrole nitrogens is 1. The maximum Gasteiger partial charge on any atom is 0.0794 e. The fourth-order valence-corrected chi connectivity index (χ4v) is 2.55. The van der Waals surface area contributed by atoms with Crippen LogP contribution in [0.1, 0.15) is 42.6 Å². The van der Waals surface area contributed by atoms with Crippen molar-refractivity contribution >= 4 is 0 Å². The Balaban J connectivity index is 1.42. The van der Waals surface area contributed by atoms with Gasteiger partial charge in [0.2, 0.25) is 0 Å². The number of aryl methyl sites for hydroxylation is 1. The van der Waals surface area contributed by atoms with Crippen LogP contribution in [-0.4, -0.2) is 29.3 Å². The summed E-state index contributed by atoms with van der Waals surface area (Å²) >= 11 is 0. The Morgan fingerprint density at radius 3 is 2.94 bits per heavy atom. The van der Waals surface area contributed by atoms with Crippen molar-refractivity contribution in [3.8, 4) is 0 Å².